The molecule has 0 aliphatic heterocycles. The summed E-state index contributed by atoms with van der Waals surface area (Å²) in [7, 11) is 1.97. The van der Waals surface area contributed by atoms with Gasteiger partial charge in [-0.05, 0) is 30.4 Å². The van der Waals surface area contributed by atoms with Crippen molar-refractivity contribution < 1.29 is 0 Å². The van der Waals surface area contributed by atoms with Gasteiger partial charge in [0.05, 0.1) is 0 Å². The number of nitrogens with zero attached hydrogens (tertiary/aromatic N) is 4. The molecular weight excluding hydrogens is 250 g/mol. The Morgan fingerprint density at radius 2 is 2.00 bits per heavy atom. The largest absolute Gasteiger partial charge is 0.354 e. The van der Waals surface area contributed by atoms with E-state index in [9.17, 15) is 0 Å². The fourth-order valence-corrected chi connectivity index (χ4v) is 1.53. The Hall–Kier alpha value is -1.10. The van der Waals surface area contributed by atoms with Gasteiger partial charge in [0.25, 0.3) is 0 Å². The van der Waals surface area contributed by atoms with Gasteiger partial charge in [-0.15, -0.1) is 0 Å². The summed E-state index contributed by atoms with van der Waals surface area (Å²) in [5.41, 5.74) is 0. The van der Waals surface area contributed by atoms with Crippen molar-refractivity contribution in [1.29, 1.82) is 0 Å². The molecule has 0 aliphatic carbocycles. The second kappa shape index (κ2) is 7.36. The van der Waals surface area contributed by atoms with Gasteiger partial charge in [0.15, 0.2) is 0 Å². The van der Waals surface area contributed by atoms with Crippen molar-refractivity contribution in [3.05, 3.63) is 5.28 Å². The van der Waals surface area contributed by atoms with E-state index in [1.165, 1.54) is 0 Å². The van der Waals surface area contributed by atoms with Gasteiger partial charge in [0, 0.05) is 20.1 Å². The zero-order valence-corrected chi connectivity index (χ0v) is 12.3. The lowest BCUT2D eigenvalue weighted by atomic mass is 10.1. The lowest BCUT2D eigenvalue weighted by Gasteiger charge is -2.18. The lowest BCUT2D eigenvalue weighted by Crippen LogP contribution is -2.23. The maximum absolute atomic E-state index is 5.91. The summed E-state index contributed by atoms with van der Waals surface area (Å²) >= 11 is 5.91. The Balaban J connectivity index is 2.71. The summed E-state index contributed by atoms with van der Waals surface area (Å²) in [5, 5.41) is 3.35. The molecule has 18 heavy (non-hydrogen) atoms. The van der Waals surface area contributed by atoms with E-state index in [1.807, 2.05) is 11.9 Å². The number of halogens is 1. The van der Waals surface area contributed by atoms with Gasteiger partial charge in [-0.3, -0.25) is 0 Å². The maximum Gasteiger partial charge on any atom is 0.231 e. The second-order valence-corrected chi connectivity index (χ2v) is 5.10. The van der Waals surface area contributed by atoms with Gasteiger partial charge in [-0.1, -0.05) is 20.8 Å². The van der Waals surface area contributed by atoms with Crippen molar-refractivity contribution in [2.45, 2.75) is 33.6 Å². The van der Waals surface area contributed by atoms with E-state index in [4.69, 9.17) is 11.6 Å². The predicted molar refractivity (Wildman–Crippen MR) is 76.3 cm³/mol. The molecular formula is C12H22ClN5. The minimum atomic E-state index is 0.231. The van der Waals surface area contributed by atoms with Gasteiger partial charge in [-0.25, -0.2) is 0 Å². The number of rotatable bonds is 7. The standard InChI is InChI=1S/C12H22ClN5/c1-5-7-14-11-15-10(13)16-12(17-11)18(4)8-6-9(2)3/h9H,5-8H2,1-4H3,(H,14,15,16,17). The molecule has 0 fully saturated rings. The van der Waals surface area contributed by atoms with Gasteiger partial charge in [0.2, 0.25) is 17.2 Å². The highest BCUT2D eigenvalue weighted by molar-refractivity contribution is 6.28. The highest BCUT2D eigenvalue weighted by Crippen LogP contribution is 2.13. The Morgan fingerprint density at radius 3 is 2.61 bits per heavy atom. The third kappa shape index (κ3) is 5.04. The van der Waals surface area contributed by atoms with Crippen molar-refractivity contribution in [2.24, 2.45) is 5.92 Å². The Labute approximate surface area is 114 Å². The highest BCUT2D eigenvalue weighted by atomic mass is 35.5. The van der Waals surface area contributed by atoms with Crippen LogP contribution in [0.2, 0.25) is 5.28 Å². The van der Waals surface area contributed by atoms with E-state index in [0.29, 0.717) is 17.8 Å². The van der Waals surface area contributed by atoms with Crippen LogP contribution in [0, 0.1) is 5.92 Å². The highest BCUT2D eigenvalue weighted by Gasteiger charge is 2.09. The quantitative estimate of drug-likeness (QED) is 0.826. The Bertz CT molecular complexity index is 369. The molecule has 102 valence electrons. The van der Waals surface area contributed by atoms with E-state index in [2.05, 4.69) is 41.0 Å². The van der Waals surface area contributed by atoms with Crippen LogP contribution in [-0.4, -0.2) is 35.1 Å². The molecule has 1 aromatic rings. The molecule has 0 unspecified atom stereocenters. The number of nitrogens with one attached hydrogen (secondary N) is 1. The molecule has 5 nitrogen and oxygen atoms in total. The minimum Gasteiger partial charge on any atom is -0.354 e. The molecule has 0 amide bonds. The monoisotopic (exact) mass is 271 g/mol. The molecule has 0 bridgehead atoms. The van der Waals surface area contributed by atoms with Crippen LogP contribution in [0.4, 0.5) is 11.9 Å². The zero-order valence-electron chi connectivity index (χ0n) is 11.6. The third-order valence-electron chi connectivity index (χ3n) is 2.51. The maximum atomic E-state index is 5.91. The van der Waals surface area contributed by atoms with Crippen LogP contribution in [0.5, 0.6) is 0 Å². The number of hydrogen-bond donors (Lipinski definition) is 1. The summed E-state index contributed by atoms with van der Waals surface area (Å²) in [6, 6.07) is 0. The molecule has 1 aromatic heterocycles. The van der Waals surface area contributed by atoms with Crippen molar-refractivity contribution >= 4 is 23.5 Å². The Morgan fingerprint density at radius 1 is 1.28 bits per heavy atom. The first-order valence-corrected chi connectivity index (χ1v) is 6.77. The van der Waals surface area contributed by atoms with Gasteiger partial charge in [0.1, 0.15) is 0 Å². The Kier molecular flexibility index (Phi) is 6.12. The predicted octanol–water partition coefficient (Wildman–Crippen LogP) is 2.83. The zero-order chi connectivity index (χ0) is 13.5. The van der Waals surface area contributed by atoms with E-state index < -0.39 is 0 Å². The van der Waals surface area contributed by atoms with E-state index in [1.54, 1.807) is 0 Å². The van der Waals surface area contributed by atoms with Crippen LogP contribution < -0.4 is 10.2 Å². The average Bonchev–Trinajstić information content (AvgIpc) is 2.32. The third-order valence-corrected chi connectivity index (χ3v) is 2.68. The topological polar surface area (TPSA) is 53.9 Å². The summed E-state index contributed by atoms with van der Waals surface area (Å²) in [5.74, 6) is 1.82. The van der Waals surface area contributed by atoms with E-state index in [0.717, 1.165) is 25.9 Å². The van der Waals surface area contributed by atoms with Crippen LogP contribution in [-0.2, 0) is 0 Å². The van der Waals surface area contributed by atoms with Crippen LogP contribution in [0.1, 0.15) is 33.6 Å². The summed E-state index contributed by atoms with van der Waals surface area (Å²) in [6.45, 7) is 8.22. The first kappa shape index (κ1) is 15.0. The molecule has 0 spiro atoms. The normalized spacial score (nSPS) is 10.8. The lowest BCUT2D eigenvalue weighted by molar-refractivity contribution is 0.581. The molecule has 0 atom stereocenters. The first-order chi connectivity index (χ1) is 8.52. The molecule has 0 saturated heterocycles. The molecule has 1 rings (SSSR count). The minimum absolute atomic E-state index is 0.231. The van der Waals surface area contributed by atoms with Crippen LogP contribution in [0.15, 0.2) is 0 Å². The number of anilines is 2. The second-order valence-electron chi connectivity index (χ2n) is 4.76. The van der Waals surface area contributed by atoms with Gasteiger partial charge < -0.3 is 10.2 Å². The van der Waals surface area contributed by atoms with Crippen molar-refractivity contribution in [3.8, 4) is 0 Å². The molecule has 0 aromatic carbocycles. The fourth-order valence-electron chi connectivity index (χ4n) is 1.38. The van der Waals surface area contributed by atoms with Crippen LogP contribution in [0.25, 0.3) is 0 Å². The molecule has 0 radical (unpaired) electrons. The van der Waals surface area contributed by atoms with E-state index in [-0.39, 0.29) is 5.28 Å². The van der Waals surface area contributed by atoms with Crippen LogP contribution in [0.3, 0.4) is 0 Å². The molecule has 1 N–H and O–H groups in total. The fraction of sp³-hybridized carbons (Fsp3) is 0.750. The molecule has 1 heterocycles. The summed E-state index contributed by atoms with van der Waals surface area (Å²) in [6.07, 6.45) is 2.11. The van der Waals surface area contributed by atoms with Crippen LogP contribution >= 0.6 is 11.6 Å². The van der Waals surface area contributed by atoms with E-state index >= 15 is 0 Å². The van der Waals surface area contributed by atoms with Crippen molar-refractivity contribution in [2.75, 3.05) is 30.4 Å². The summed E-state index contributed by atoms with van der Waals surface area (Å²) in [4.78, 5) is 14.6. The first-order valence-electron chi connectivity index (χ1n) is 6.39. The van der Waals surface area contributed by atoms with Gasteiger partial charge >= 0.3 is 0 Å². The SMILES string of the molecule is CCCNc1nc(Cl)nc(N(C)CCC(C)C)n1. The molecule has 0 aliphatic rings. The molecule has 6 heteroatoms. The van der Waals surface area contributed by atoms with Crippen molar-refractivity contribution in [3.63, 3.8) is 0 Å². The smallest absolute Gasteiger partial charge is 0.231 e. The summed E-state index contributed by atoms with van der Waals surface area (Å²) < 4.78 is 0. The average molecular weight is 272 g/mol. The van der Waals surface area contributed by atoms with Crippen molar-refractivity contribution in [1.82, 2.24) is 15.0 Å². The number of hydrogen-bond acceptors (Lipinski definition) is 5. The molecule has 0 saturated carbocycles. The number of aromatic nitrogens is 3. The van der Waals surface area contributed by atoms with Gasteiger partial charge in [-0.2, -0.15) is 15.0 Å².